The summed E-state index contributed by atoms with van der Waals surface area (Å²) >= 11 is 0. The van der Waals surface area contributed by atoms with E-state index in [9.17, 15) is 19.5 Å². The number of rotatable bonds is 5. The van der Waals surface area contributed by atoms with Gasteiger partial charge in [-0.15, -0.1) is 0 Å². The number of phenols is 1. The van der Waals surface area contributed by atoms with E-state index in [1.807, 2.05) is 24.3 Å². The van der Waals surface area contributed by atoms with Crippen LogP contribution in [0.4, 0.5) is 17.1 Å². The highest BCUT2D eigenvalue weighted by molar-refractivity contribution is 6.04. The van der Waals surface area contributed by atoms with Crippen molar-refractivity contribution in [1.82, 2.24) is 0 Å². The Morgan fingerprint density at radius 2 is 1.74 bits per heavy atom. The number of anilines is 3. The van der Waals surface area contributed by atoms with Crippen LogP contribution in [-0.2, 0) is 14.3 Å². The summed E-state index contributed by atoms with van der Waals surface area (Å²) < 4.78 is 4.61. The number of benzene rings is 2. The summed E-state index contributed by atoms with van der Waals surface area (Å²) in [6.45, 7) is 2.38. The molecule has 2 aliphatic rings. The van der Waals surface area contributed by atoms with Crippen molar-refractivity contribution in [3.8, 4) is 5.75 Å². The minimum absolute atomic E-state index is 0.0979. The highest BCUT2D eigenvalue weighted by atomic mass is 16.5. The monoisotopic (exact) mass is 423 g/mol. The van der Waals surface area contributed by atoms with Gasteiger partial charge in [-0.2, -0.15) is 0 Å². The van der Waals surface area contributed by atoms with Gasteiger partial charge < -0.3 is 25.0 Å². The molecular weight excluding hydrogens is 398 g/mol. The average Bonchev–Trinajstić information content (AvgIpc) is 3.45. The zero-order valence-corrected chi connectivity index (χ0v) is 17.3. The third-order valence-electron chi connectivity index (χ3n) is 5.81. The number of hydrogen-bond acceptors (Lipinski definition) is 6. The van der Waals surface area contributed by atoms with Crippen molar-refractivity contribution in [3.63, 3.8) is 0 Å². The Balaban J connectivity index is 1.40. The van der Waals surface area contributed by atoms with Crippen molar-refractivity contribution in [1.29, 1.82) is 0 Å². The van der Waals surface area contributed by atoms with Gasteiger partial charge in [0, 0.05) is 37.4 Å². The van der Waals surface area contributed by atoms with E-state index in [-0.39, 0.29) is 41.8 Å². The second-order valence-corrected chi connectivity index (χ2v) is 7.83. The summed E-state index contributed by atoms with van der Waals surface area (Å²) in [5.41, 5.74) is 2.28. The molecule has 2 aromatic rings. The lowest BCUT2D eigenvalue weighted by Gasteiger charge is -2.20. The molecule has 2 amide bonds. The zero-order chi connectivity index (χ0) is 22.0. The van der Waals surface area contributed by atoms with E-state index in [2.05, 4.69) is 15.0 Å². The molecule has 31 heavy (non-hydrogen) atoms. The van der Waals surface area contributed by atoms with E-state index in [1.165, 1.54) is 38.2 Å². The number of esters is 1. The first-order valence-electron chi connectivity index (χ1n) is 10.3. The topological polar surface area (TPSA) is 99.2 Å². The maximum Gasteiger partial charge on any atom is 0.337 e. The molecule has 0 spiro atoms. The number of amides is 2. The van der Waals surface area contributed by atoms with E-state index in [0.29, 0.717) is 0 Å². The zero-order valence-electron chi connectivity index (χ0n) is 17.3. The summed E-state index contributed by atoms with van der Waals surface area (Å²) in [7, 11) is 1.25. The first kappa shape index (κ1) is 20.7. The molecule has 2 heterocycles. The SMILES string of the molecule is COC(=O)c1ccc(NC(=O)C2CC(=O)N(c3ccc(N4CCCC4)cc3)C2)c(O)c1. The Hall–Kier alpha value is -3.55. The van der Waals surface area contributed by atoms with Crippen LogP contribution in [0.25, 0.3) is 0 Å². The Labute approximate surface area is 180 Å². The van der Waals surface area contributed by atoms with Crippen LogP contribution in [-0.4, -0.2) is 49.6 Å². The minimum Gasteiger partial charge on any atom is -0.506 e. The van der Waals surface area contributed by atoms with Crippen LogP contribution >= 0.6 is 0 Å². The molecule has 0 radical (unpaired) electrons. The maximum atomic E-state index is 12.7. The molecule has 2 aromatic carbocycles. The fourth-order valence-corrected chi connectivity index (χ4v) is 4.07. The first-order valence-corrected chi connectivity index (χ1v) is 10.3. The van der Waals surface area contributed by atoms with Crippen LogP contribution in [0, 0.1) is 5.92 Å². The summed E-state index contributed by atoms with van der Waals surface area (Å²) in [6, 6.07) is 12.0. The Bertz CT molecular complexity index is 999. The van der Waals surface area contributed by atoms with Gasteiger partial charge in [0.2, 0.25) is 11.8 Å². The third kappa shape index (κ3) is 4.33. The molecule has 8 heteroatoms. The van der Waals surface area contributed by atoms with Crippen LogP contribution in [0.5, 0.6) is 5.75 Å². The number of methoxy groups -OCH3 is 1. The lowest BCUT2D eigenvalue weighted by Crippen LogP contribution is -2.28. The van der Waals surface area contributed by atoms with Crippen LogP contribution in [0.3, 0.4) is 0 Å². The number of phenolic OH excluding ortho intramolecular Hbond substituents is 1. The molecule has 2 fully saturated rings. The van der Waals surface area contributed by atoms with Crippen molar-refractivity contribution >= 4 is 34.8 Å². The second kappa shape index (κ2) is 8.67. The maximum absolute atomic E-state index is 12.7. The number of carbonyl (C=O) groups excluding carboxylic acids is 3. The van der Waals surface area contributed by atoms with Crippen LogP contribution < -0.4 is 15.1 Å². The molecule has 0 saturated carbocycles. The van der Waals surface area contributed by atoms with Crippen molar-refractivity contribution in [2.24, 2.45) is 5.92 Å². The van der Waals surface area contributed by atoms with E-state index in [4.69, 9.17) is 0 Å². The lowest BCUT2D eigenvalue weighted by molar-refractivity contribution is -0.122. The van der Waals surface area contributed by atoms with Gasteiger partial charge in [-0.1, -0.05) is 0 Å². The Morgan fingerprint density at radius 3 is 2.39 bits per heavy atom. The molecule has 162 valence electrons. The summed E-state index contributed by atoms with van der Waals surface area (Å²) in [4.78, 5) is 40.7. The average molecular weight is 423 g/mol. The molecular formula is C23H25N3O5. The first-order chi connectivity index (χ1) is 15.0. The quantitative estimate of drug-likeness (QED) is 0.567. The van der Waals surface area contributed by atoms with Gasteiger partial charge in [-0.05, 0) is 55.3 Å². The molecule has 2 N–H and O–H groups in total. The largest absolute Gasteiger partial charge is 0.506 e. The van der Waals surface area contributed by atoms with Gasteiger partial charge in [0.15, 0.2) is 0 Å². The van der Waals surface area contributed by atoms with Gasteiger partial charge in [-0.25, -0.2) is 4.79 Å². The van der Waals surface area contributed by atoms with Gasteiger partial charge >= 0.3 is 5.97 Å². The number of nitrogens with one attached hydrogen (secondary N) is 1. The highest BCUT2D eigenvalue weighted by Crippen LogP contribution is 2.30. The summed E-state index contributed by atoms with van der Waals surface area (Å²) in [5, 5.41) is 12.8. The number of ether oxygens (including phenoxy) is 1. The Kier molecular flexibility index (Phi) is 5.79. The van der Waals surface area contributed by atoms with Crippen LogP contribution in [0.15, 0.2) is 42.5 Å². The third-order valence-corrected chi connectivity index (χ3v) is 5.81. The molecule has 1 atom stereocenters. The smallest absolute Gasteiger partial charge is 0.337 e. The summed E-state index contributed by atoms with van der Waals surface area (Å²) in [6.07, 6.45) is 2.50. The predicted molar refractivity (Wildman–Crippen MR) is 116 cm³/mol. The Morgan fingerprint density at radius 1 is 1.06 bits per heavy atom. The summed E-state index contributed by atoms with van der Waals surface area (Å²) in [5.74, 6) is -1.83. The van der Waals surface area contributed by atoms with Crippen molar-refractivity contribution in [2.75, 3.05) is 41.9 Å². The van der Waals surface area contributed by atoms with E-state index in [0.717, 1.165) is 24.5 Å². The minimum atomic E-state index is -0.582. The lowest BCUT2D eigenvalue weighted by atomic mass is 10.1. The van der Waals surface area contributed by atoms with Gasteiger partial charge in [0.25, 0.3) is 0 Å². The molecule has 2 saturated heterocycles. The van der Waals surface area contributed by atoms with Crippen molar-refractivity contribution in [2.45, 2.75) is 19.3 Å². The van der Waals surface area contributed by atoms with Crippen LogP contribution in [0.2, 0.25) is 0 Å². The number of carbonyl (C=O) groups is 3. The number of nitrogens with zero attached hydrogens (tertiary/aromatic N) is 2. The van der Waals surface area contributed by atoms with Crippen molar-refractivity contribution < 1.29 is 24.2 Å². The second-order valence-electron chi connectivity index (χ2n) is 7.83. The van der Waals surface area contributed by atoms with Gasteiger partial charge in [-0.3, -0.25) is 9.59 Å². The highest BCUT2D eigenvalue weighted by Gasteiger charge is 2.35. The molecule has 0 aliphatic carbocycles. The predicted octanol–water partition coefficient (Wildman–Crippen LogP) is 2.77. The normalized spacial score (nSPS) is 18.4. The fraction of sp³-hybridized carbons (Fsp3) is 0.348. The standard InChI is InChI=1S/C23H25N3O5/c1-31-23(30)15-4-9-19(20(27)12-15)24-22(29)16-13-21(28)26(14-16)18-7-5-17(6-8-18)25-10-2-3-11-25/h4-9,12,16,27H,2-3,10-11,13-14H2,1H3,(H,24,29). The van der Waals surface area contributed by atoms with E-state index in [1.54, 1.807) is 4.90 Å². The molecule has 8 nitrogen and oxygen atoms in total. The molecule has 2 aliphatic heterocycles. The molecule has 1 unspecified atom stereocenters. The molecule has 0 bridgehead atoms. The number of aromatic hydroxyl groups is 1. The number of hydrogen-bond donors (Lipinski definition) is 2. The van der Waals surface area contributed by atoms with E-state index < -0.39 is 11.9 Å². The van der Waals surface area contributed by atoms with Crippen molar-refractivity contribution in [3.05, 3.63) is 48.0 Å². The van der Waals surface area contributed by atoms with Gasteiger partial charge in [0.05, 0.1) is 24.3 Å². The fourth-order valence-electron chi connectivity index (χ4n) is 4.07. The molecule has 4 rings (SSSR count). The van der Waals surface area contributed by atoms with Crippen LogP contribution in [0.1, 0.15) is 29.6 Å². The van der Waals surface area contributed by atoms with E-state index >= 15 is 0 Å². The van der Waals surface area contributed by atoms with Gasteiger partial charge in [0.1, 0.15) is 5.75 Å². The molecule has 0 aromatic heterocycles.